The van der Waals surface area contributed by atoms with E-state index in [1.807, 2.05) is 24.3 Å². The van der Waals surface area contributed by atoms with E-state index in [-0.39, 0.29) is 0 Å². The Morgan fingerprint density at radius 1 is 1.12 bits per heavy atom. The molecule has 16 heavy (non-hydrogen) atoms. The minimum absolute atomic E-state index is 0.638. The SMILES string of the molecule is CCC/N=C(\N)c1cccc2ccccc12. The highest BCUT2D eigenvalue weighted by Crippen LogP contribution is 2.18. The van der Waals surface area contributed by atoms with Crippen LogP contribution >= 0.6 is 0 Å². The molecule has 0 spiro atoms. The summed E-state index contributed by atoms with van der Waals surface area (Å²) in [4.78, 5) is 4.36. The minimum Gasteiger partial charge on any atom is -0.383 e. The fourth-order valence-electron chi connectivity index (χ4n) is 1.77. The van der Waals surface area contributed by atoms with Gasteiger partial charge in [0.1, 0.15) is 5.84 Å². The van der Waals surface area contributed by atoms with Crippen LogP contribution in [0.25, 0.3) is 10.8 Å². The maximum Gasteiger partial charge on any atom is 0.126 e. The van der Waals surface area contributed by atoms with E-state index >= 15 is 0 Å². The molecule has 2 rings (SSSR count). The van der Waals surface area contributed by atoms with Crippen LogP contribution in [0.4, 0.5) is 0 Å². The summed E-state index contributed by atoms with van der Waals surface area (Å²) in [5, 5.41) is 2.37. The van der Waals surface area contributed by atoms with Crippen molar-refractivity contribution in [2.75, 3.05) is 6.54 Å². The van der Waals surface area contributed by atoms with E-state index in [1.165, 1.54) is 10.8 Å². The van der Waals surface area contributed by atoms with Gasteiger partial charge >= 0.3 is 0 Å². The number of benzene rings is 2. The summed E-state index contributed by atoms with van der Waals surface area (Å²) >= 11 is 0. The van der Waals surface area contributed by atoms with Crippen LogP contribution in [0.1, 0.15) is 18.9 Å². The third kappa shape index (κ3) is 2.06. The Labute approximate surface area is 95.8 Å². The van der Waals surface area contributed by atoms with Gasteiger partial charge < -0.3 is 5.73 Å². The lowest BCUT2D eigenvalue weighted by Crippen LogP contribution is -2.14. The van der Waals surface area contributed by atoms with Gasteiger partial charge in [-0.05, 0) is 17.2 Å². The van der Waals surface area contributed by atoms with Crippen LogP contribution in [0.5, 0.6) is 0 Å². The van der Waals surface area contributed by atoms with Crippen LogP contribution in [-0.4, -0.2) is 12.4 Å². The molecule has 82 valence electrons. The molecule has 0 amide bonds. The Morgan fingerprint density at radius 2 is 1.88 bits per heavy atom. The van der Waals surface area contributed by atoms with Crippen molar-refractivity contribution in [2.45, 2.75) is 13.3 Å². The number of hydrogen-bond acceptors (Lipinski definition) is 1. The van der Waals surface area contributed by atoms with Crippen LogP contribution in [0.2, 0.25) is 0 Å². The van der Waals surface area contributed by atoms with E-state index in [4.69, 9.17) is 5.73 Å². The zero-order valence-corrected chi connectivity index (χ0v) is 9.48. The maximum atomic E-state index is 6.00. The topological polar surface area (TPSA) is 38.4 Å². The van der Waals surface area contributed by atoms with E-state index in [1.54, 1.807) is 0 Å². The van der Waals surface area contributed by atoms with Crippen molar-refractivity contribution in [2.24, 2.45) is 10.7 Å². The first-order valence-corrected chi connectivity index (χ1v) is 5.61. The summed E-state index contributed by atoms with van der Waals surface area (Å²) in [5.41, 5.74) is 7.03. The quantitative estimate of drug-likeness (QED) is 0.616. The second-order valence-electron chi connectivity index (χ2n) is 3.79. The van der Waals surface area contributed by atoms with Crippen LogP contribution in [0, 0.1) is 0 Å². The van der Waals surface area contributed by atoms with Gasteiger partial charge in [0, 0.05) is 12.1 Å². The first-order chi connectivity index (χ1) is 7.83. The zero-order valence-electron chi connectivity index (χ0n) is 9.48. The van der Waals surface area contributed by atoms with Crippen molar-refractivity contribution in [3.63, 3.8) is 0 Å². The second-order valence-corrected chi connectivity index (χ2v) is 3.79. The smallest absolute Gasteiger partial charge is 0.126 e. The molecule has 2 heteroatoms. The van der Waals surface area contributed by atoms with Crippen molar-refractivity contribution in [3.8, 4) is 0 Å². The molecule has 0 saturated carbocycles. The molecule has 2 nitrogen and oxygen atoms in total. The molecule has 0 aliphatic heterocycles. The highest BCUT2D eigenvalue weighted by Gasteiger charge is 2.02. The predicted octanol–water partition coefficient (Wildman–Crippen LogP) is 2.96. The average Bonchev–Trinajstić information content (AvgIpc) is 2.35. The molecule has 0 heterocycles. The molecule has 0 unspecified atom stereocenters. The monoisotopic (exact) mass is 212 g/mol. The van der Waals surface area contributed by atoms with Gasteiger partial charge in [0.25, 0.3) is 0 Å². The lowest BCUT2D eigenvalue weighted by molar-refractivity contribution is 0.930. The summed E-state index contributed by atoms with van der Waals surface area (Å²) in [5.74, 6) is 0.638. The predicted molar refractivity (Wildman–Crippen MR) is 69.8 cm³/mol. The molecule has 2 N–H and O–H groups in total. The zero-order chi connectivity index (χ0) is 11.4. The van der Waals surface area contributed by atoms with Gasteiger partial charge in [-0.15, -0.1) is 0 Å². The maximum absolute atomic E-state index is 6.00. The van der Waals surface area contributed by atoms with E-state index in [2.05, 4.69) is 30.1 Å². The normalized spacial score (nSPS) is 11.9. The molecule has 0 bridgehead atoms. The Hall–Kier alpha value is -1.83. The lowest BCUT2D eigenvalue weighted by Gasteiger charge is -2.05. The molecule has 2 aromatic carbocycles. The van der Waals surface area contributed by atoms with Crippen LogP contribution in [0.3, 0.4) is 0 Å². The third-order valence-electron chi connectivity index (χ3n) is 2.57. The van der Waals surface area contributed by atoms with Crippen molar-refractivity contribution >= 4 is 16.6 Å². The third-order valence-corrected chi connectivity index (χ3v) is 2.57. The number of hydrogen-bond donors (Lipinski definition) is 1. The number of fused-ring (bicyclic) bond motifs is 1. The first kappa shape index (κ1) is 10.7. The van der Waals surface area contributed by atoms with Gasteiger partial charge in [0.2, 0.25) is 0 Å². The summed E-state index contributed by atoms with van der Waals surface area (Å²) in [6.45, 7) is 2.88. The van der Waals surface area contributed by atoms with Crippen LogP contribution in [-0.2, 0) is 0 Å². The molecule has 0 fully saturated rings. The van der Waals surface area contributed by atoms with Crippen molar-refractivity contribution in [3.05, 3.63) is 48.0 Å². The molecular formula is C14H16N2. The summed E-state index contributed by atoms with van der Waals surface area (Å²) in [6, 6.07) is 14.4. The first-order valence-electron chi connectivity index (χ1n) is 5.61. The van der Waals surface area contributed by atoms with Gasteiger partial charge in [-0.25, -0.2) is 0 Å². The molecule has 0 saturated heterocycles. The molecular weight excluding hydrogens is 196 g/mol. The molecule has 0 aromatic heterocycles. The van der Waals surface area contributed by atoms with Crippen molar-refractivity contribution in [1.29, 1.82) is 0 Å². The minimum atomic E-state index is 0.638. The number of aliphatic imine (C=N–C) groups is 1. The fraction of sp³-hybridized carbons (Fsp3) is 0.214. The summed E-state index contributed by atoms with van der Waals surface area (Å²) in [6.07, 6.45) is 1.02. The standard InChI is InChI=1S/C14H16N2/c1-2-10-16-14(15)13-9-5-7-11-6-3-4-8-12(11)13/h3-9H,2,10H2,1H3,(H2,15,16). The second kappa shape index (κ2) is 4.79. The Bertz CT molecular complexity index is 510. The van der Waals surface area contributed by atoms with E-state index in [0.29, 0.717) is 5.84 Å². The largest absolute Gasteiger partial charge is 0.383 e. The number of amidine groups is 1. The van der Waals surface area contributed by atoms with Crippen LogP contribution < -0.4 is 5.73 Å². The number of rotatable bonds is 3. The molecule has 2 aromatic rings. The average molecular weight is 212 g/mol. The van der Waals surface area contributed by atoms with Crippen LogP contribution in [0.15, 0.2) is 47.5 Å². The summed E-state index contributed by atoms with van der Waals surface area (Å²) in [7, 11) is 0. The van der Waals surface area contributed by atoms with E-state index < -0.39 is 0 Å². The van der Waals surface area contributed by atoms with Gasteiger partial charge in [-0.3, -0.25) is 4.99 Å². The highest BCUT2D eigenvalue weighted by molar-refractivity contribution is 6.08. The molecule has 0 atom stereocenters. The van der Waals surface area contributed by atoms with Gasteiger partial charge in [-0.1, -0.05) is 49.4 Å². The molecule has 0 radical (unpaired) electrons. The fourth-order valence-corrected chi connectivity index (χ4v) is 1.77. The van der Waals surface area contributed by atoms with E-state index in [9.17, 15) is 0 Å². The van der Waals surface area contributed by atoms with Gasteiger partial charge in [-0.2, -0.15) is 0 Å². The Morgan fingerprint density at radius 3 is 2.69 bits per heavy atom. The van der Waals surface area contributed by atoms with Gasteiger partial charge in [0.05, 0.1) is 0 Å². The number of nitrogens with zero attached hydrogens (tertiary/aromatic N) is 1. The highest BCUT2D eigenvalue weighted by atomic mass is 14.8. The van der Waals surface area contributed by atoms with Gasteiger partial charge in [0.15, 0.2) is 0 Å². The number of nitrogens with two attached hydrogens (primary N) is 1. The Kier molecular flexibility index (Phi) is 3.20. The van der Waals surface area contributed by atoms with Crippen molar-refractivity contribution < 1.29 is 0 Å². The van der Waals surface area contributed by atoms with E-state index in [0.717, 1.165) is 18.5 Å². The van der Waals surface area contributed by atoms with Crippen molar-refractivity contribution in [1.82, 2.24) is 0 Å². The lowest BCUT2D eigenvalue weighted by atomic mass is 10.0. The summed E-state index contributed by atoms with van der Waals surface area (Å²) < 4.78 is 0. The molecule has 0 aliphatic carbocycles. The Balaban J connectivity index is 2.52. The molecule has 0 aliphatic rings.